The number of aliphatic hydroxyl groups excluding tert-OH is 5. The maximum atomic E-state index is 12.1. The zero-order chi connectivity index (χ0) is 41.8. The second kappa shape index (κ2) is 19.0. The third-order valence-corrected chi connectivity index (χ3v) is 17.8. The maximum absolute atomic E-state index is 12.1. The van der Waals surface area contributed by atoms with Crippen LogP contribution in [0.4, 0.5) is 0 Å². The first kappa shape index (κ1) is 51.0. The largest absolute Gasteiger partial charge is 0.473 e. The monoisotopic (exact) mass is 872 g/mol. The van der Waals surface area contributed by atoms with Crippen LogP contribution in [0, 0.1) is 35.5 Å². The highest BCUT2D eigenvalue weighted by molar-refractivity contribution is 6.74. The van der Waals surface area contributed by atoms with E-state index in [1.54, 1.807) is 0 Å². The number of methoxy groups -OCH3 is 3. The fourth-order valence-corrected chi connectivity index (χ4v) is 10.3. The second-order valence-electron chi connectivity index (χ2n) is 17.1. The molecule has 0 radical (unpaired) electrons. The minimum absolute atomic E-state index is 0. The number of esters is 3. The molecule has 5 aliphatic heterocycles. The molecule has 0 aromatic rings. The van der Waals surface area contributed by atoms with E-state index in [-0.39, 0.29) is 94.9 Å². The normalized spacial score (nSPS) is 36.9. The third kappa shape index (κ3) is 8.68. The zero-order valence-corrected chi connectivity index (χ0v) is 34.5. The molecule has 2 saturated carbocycles. The van der Waals surface area contributed by atoms with Gasteiger partial charge in [-0.3, -0.25) is 0 Å². The van der Waals surface area contributed by atoms with Crippen molar-refractivity contribution in [2.24, 2.45) is 35.5 Å². The molecule has 5 heterocycles. The standard InChI is InChI=1S/C17H28O6Si.C11H14O6.C11H14O5.3CH4/c1-16(2,3)24(5,6)23-15-13-10(7-12-17(13,9-18)22-12)11(8-21-15)14(19)20-4;1-15-9(13)6-3-16-10(14)8-5(6)2-7-11(8,4-12)17-7;1-15-10(13)8-5-16-11(14)9-6(4-12)2-3-7(8)9;;;/h8,10,12-13,15,18H,7,9H2,1-6H3;3,5,7-8,10,12,14H,2,4H2,1H3;2,5,7,9,11-12,14H,3-4H2,1H3;3*1H4/t10-,12+,13-,15+,17+;5-,7+,8-,10-,11+;7-,9-,11-;;;/m111.../s1. The summed E-state index contributed by atoms with van der Waals surface area (Å²) in [5.74, 6) is -2.62. The summed E-state index contributed by atoms with van der Waals surface area (Å²) in [5, 5.41) is 48.0. The molecule has 18 heteroatoms. The van der Waals surface area contributed by atoms with Gasteiger partial charge in [0, 0.05) is 17.8 Å². The predicted molar refractivity (Wildman–Crippen MR) is 217 cm³/mol. The van der Waals surface area contributed by atoms with Crippen molar-refractivity contribution in [1.82, 2.24) is 0 Å². The van der Waals surface area contributed by atoms with Crippen LogP contribution in [0.5, 0.6) is 0 Å². The van der Waals surface area contributed by atoms with Gasteiger partial charge in [-0.1, -0.05) is 49.1 Å². The summed E-state index contributed by atoms with van der Waals surface area (Å²) in [4.78, 5) is 35.1. The Kier molecular flexibility index (Phi) is 16.1. The summed E-state index contributed by atoms with van der Waals surface area (Å²) in [7, 11) is 1.90. The van der Waals surface area contributed by atoms with Crippen LogP contribution < -0.4 is 0 Å². The van der Waals surface area contributed by atoms with E-state index < -0.39 is 56.2 Å². The molecule has 8 rings (SSSR count). The summed E-state index contributed by atoms with van der Waals surface area (Å²) in [5.41, 5.74) is 0.667. The Morgan fingerprint density at radius 2 is 1.15 bits per heavy atom. The van der Waals surface area contributed by atoms with Gasteiger partial charge >= 0.3 is 17.9 Å². The lowest BCUT2D eigenvalue weighted by atomic mass is 9.82. The van der Waals surface area contributed by atoms with Gasteiger partial charge in [0.1, 0.15) is 11.2 Å². The first-order chi connectivity index (χ1) is 26.9. The molecule has 60 heavy (non-hydrogen) atoms. The van der Waals surface area contributed by atoms with Crippen molar-refractivity contribution in [1.29, 1.82) is 0 Å². The van der Waals surface area contributed by atoms with Crippen LogP contribution in [0.1, 0.15) is 62.3 Å². The van der Waals surface area contributed by atoms with E-state index in [9.17, 15) is 34.8 Å². The predicted octanol–water partition coefficient (Wildman–Crippen LogP) is 3.20. The second-order valence-corrected chi connectivity index (χ2v) is 21.9. The van der Waals surface area contributed by atoms with Gasteiger partial charge in [-0.2, -0.15) is 0 Å². The molecule has 0 spiro atoms. The van der Waals surface area contributed by atoms with E-state index >= 15 is 0 Å². The minimum Gasteiger partial charge on any atom is -0.473 e. The Bertz CT molecular complexity index is 1690. The molecule has 2 saturated heterocycles. The molecule has 8 aliphatic rings. The molecule has 342 valence electrons. The van der Waals surface area contributed by atoms with Gasteiger partial charge in [0.05, 0.1) is 107 Å². The molecule has 17 nitrogen and oxygen atoms in total. The van der Waals surface area contributed by atoms with Crippen molar-refractivity contribution in [3.63, 3.8) is 0 Å². The number of carbonyl (C=O) groups is 3. The molecular weight excluding hydrogens is 805 g/mol. The first-order valence-corrected chi connectivity index (χ1v) is 22.0. The lowest BCUT2D eigenvalue weighted by molar-refractivity contribution is -0.153. The third-order valence-electron chi connectivity index (χ3n) is 13.4. The Hall–Kier alpha value is -3.33. The summed E-state index contributed by atoms with van der Waals surface area (Å²) in [6, 6.07) is 0. The van der Waals surface area contributed by atoms with E-state index in [1.165, 1.54) is 40.1 Å². The quantitative estimate of drug-likeness (QED) is 0.0773. The molecule has 13 atom stereocenters. The highest BCUT2D eigenvalue weighted by Gasteiger charge is 2.74. The van der Waals surface area contributed by atoms with Crippen LogP contribution in [0.15, 0.2) is 47.2 Å². The fourth-order valence-electron chi connectivity index (χ4n) is 9.12. The number of hydrogen-bond acceptors (Lipinski definition) is 17. The summed E-state index contributed by atoms with van der Waals surface area (Å²) >= 11 is 0. The van der Waals surface area contributed by atoms with Crippen molar-refractivity contribution >= 4 is 26.2 Å². The summed E-state index contributed by atoms with van der Waals surface area (Å²) in [6.07, 6.45) is 5.03. The van der Waals surface area contributed by atoms with E-state index in [0.29, 0.717) is 41.6 Å². The van der Waals surface area contributed by atoms with Crippen molar-refractivity contribution < 1.29 is 82.2 Å². The highest BCUT2D eigenvalue weighted by Crippen LogP contribution is 2.62. The van der Waals surface area contributed by atoms with Gasteiger partial charge in [0.25, 0.3) is 0 Å². The van der Waals surface area contributed by atoms with Crippen molar-refractivity contribution in [3.8, 4) is 0 Å². The Labute approximate surface area is 354 Å². The summed E-state index contributed by atoms with van der Waals surface area (Å²) in [6.45, 7) is 10.4. The van der Waals surface area contributed by atoms with Crippen molar-refractivity contribution in [2.45, 2.75) is 123 Å². The Balaban J connectivity index is 0.000000240. The average molecular weight is 873 g/mol. The molecule has 0 bridgehead atoms. The topological polar surface area (TPSA) is 242 Å². The number of hydrogen-bond donors (Lipinski definition) is 5. The highest BCUT2D eigenvalue weighted by atomic mass is 28.4. The van der Waals surface area contributed by atoms with Gasteiger partial charge in [0.2, 0.25) is 12.6 Å². The number of aliphatic hydroxyl groups is 5. The Morgan fingerprint density at radius 1 is 0.717 bits per heavy atom. The maximum Gasteiger partial charge on any atom is 0.337 e. The lowest BCUT2D eigenvalue weighted by Gasteiger charge is -2.44. The zero-order valence-electron chi connectivity index (χ0n) is 33.5. The van der Waals surface area contributed by atoms with Gasteiger partial charge in [-0.15, -0.1) is 0 Å². The molecule has 0 aromatic carbocycles. The van der Waals surface area contributed by atoms with Crippen LogP contribution in [-0.4, -0.2) is 135 Å². The SMILES string of the molecule is C.C.C.COC(=O)C1=CO[C@@H](O)[C@@H]2C(CO)=CC[C@H]12.COC(=O)C1=CO[C@@H](O)[C@H]2[C@@H]1C[C@@H]1O[C@]21CO.COC(=O)C1=CO[C@@H](O[Si](C)(C)C(C)(C)C)[C@H]2[C@@H]1C[C@@H]1O[C@]21CO. The molecule has 0 unspecified atom stereocenters. The molecule has 5 N–H and O–H groups in total. The number of fused-ring (bicyclic) bond motifs is 7. The average Bonchev–Trinajstić information content (AvgIpc) is 3.90. The van der Waals surface area contributed by atoms with Crippen LogP contribution in [0.3, 0.4) is 0 Å². The number of rotatable bonds is 8. The number of epoxide rings is 2. The van der Waals surface area contributed by atoms with Gasteiger partial charge in [0.15, 0.2) is 14.6 Å². The van der Waals surface area contributed by atoms with Gasteiger partial charge in [-0.25, -0.2) is 14.4 Å². The number of ether oxygens (including phenoxy) is 8. The van der Waals surface area contributed by atoms with Gasteiger partial charge < -0.3 is 67.9 Å². The smallest absolute Gasteiger partial charge is 0.337 e. The summed E-state index contributed by atoms with van der Waals surface area (Å²) < 4.78 is 47.8. The molecule has 0 aromatic heterocycles. The molecule has 4 fully saturated rings. The van der Waals surface area contributed by atoms with Crippen LogP contribution in [-0.2, 0) is 56.7 Å². The van der Waals surface area contributed by atoms with Crippen LogP contribution >= 0.6 is 0 Å². The fraction of sp³-hybridized carbons (Fsp3) is 0.738. The minimum atomic E-state index is -2.07. The van der Waals surface area contributed by atoms with Crippen molar-refractivity contribution in [3.05, 3.63) is 47.2 Å². The van der Waals surface area contributed by atoms with Crippen molar-refractivity contribution in [2.75, 3.05) is 41.2 Å². The van der Waals surface area contributed by atoms with Gasteiger partial charge in [-0.05, 0) is 43.0 Å². The molecule has 0 amide bonds. The van der Waals surface area contributed by atoms with E-state index in [2.05, 4.69) is 43.3 Å². The van der Waals surface area contributed by atoms with E-state index in [4.69, 9.17) is 38.0 Å². The Morgan fingerprint density at radius 3 is 1.60 bits per heavy atom. The number of carbonyl (C=O) groups excluding carboxylic acids is 3. The lowest BCUT2D eigenvalue weighted by Crippen LogP contribution is -2.52. The van der Waals surface area contributed by atoms with E-state index in [1.807, 2.05) is 6.08 Å². The van der Waals surface area contributed by atoms with Crippen LogP contribution in [0.25, 0.3) is 0 Å². The molecule has 3 aliphatic carbocycles. The van der Waals surface area contributed by atoms with Crippen LogP contribution in [0.2, 0.25) is 18.1 Å². The molecular formula is C42H68O17Si. The van der Waals surface area contributed by atoms with E-state index in [0.717, 1.165) is 0 Å². The first-order valence-electron chi connectivity index (χ1n) is 19.1. The number of allylic oxidation sites excluding steroid dienone is 1.